The van der Waals surface area contributed by atoms with Crippen LogP contribution in [0.5, 0.6) is 0 Å². The van der Waals surface area contributed by atoms with Gasteiger partial charge >= 0.3 is 0 Å². The minimum atomic E-state index is 0.398. The maximum Gasteiger partial charge on any atom is 0.173 e. The van der Waals surface area contributed by atoms with Crippen molar-refractivity contribution in [2.45, 2.75) is 6.92 Å². The van der Waals surface area contributed by atoms with Gasteiger partial charge in [0.05, 0.1) is 11.8 Å². The first-order chi connectivity index (χ1) is 7.75. The van der Waals surface area contributed by atoms with Gasteiger partial charge in [-0.1, -0.05) is 11.6 Å². The molecule has 0 atom stereocenters. The summed E-state index contributed by atoms with van der Waals surface area (Å²) in [5, 5.41) is 15.3. The summed E-state index contributed by atoms with van der Waals surface area (Å²) in [5.41, 5.74) is 2.50. The van der Waals surface area contributed by atoms with Gasteiger partial charge < -0.3 is 0 Å². The summed E-state index contributed by atoms with van der Waals surface area (Å²) in [6, 6.07) is 1.66. The lowest BCUT2D eigenvalue weighted by molar-refractivity contribution is 1.04. The Morgan fingerprint density at radius 3 is 3.00 bits per heavy atom. The molecule has 0 unspecified atom stereocenters. The average molecular weight is 235 g/mol. The highest BCUT2D eigenvalue weighted by molar-refractivity contribution is 6.29. The molecule has 0 bridgehead atoms. The zero-order valence-electron chi connectivity index (χ0n) is 8.35. The van der Waals surface area contributed by atoms with E-state index in [0.717, 1.165) is 11.3 Å². The molecular formula is C9H7ClN6. The van der Waals surface area contributed by atoms with Crippen molar-refractivity contribution >= 4 is 17.2 Å². The molecule has 16 heavy (non-hydrogen) atoms. The maximum absolute atomic E-state index is 5.77. The van der Waals surface area contributed by atoms with E-state index in [1.165, 1.54) is 0 Å². The van der Waals surface area contributed by atoms with Crippen LogP contribution in [0, 0.1) is 6.92 Å². The highest BCUT2D eigenvalue weighted by Crippen LogP contribution is 2.20. The number of aromatic amines is 1. The number of fused-ring (bicyclic) bond motifs is 1. The molecule has 0 saturated heterocycles. The standard InChI is InChI=1S/C9H7ClN6/c1-5-6(3-12-13-5)9-15-14-8-2-7(10)11-4-16(8)9/h2-4H,1H3,(H,12,13). The van der Waals surface area contributed by atoms with Crippen LogP contribution >= 0.6 is 11.6 Å². The zero-order valence-corrected chi connectivity index (χ0v) is 9.10. The summed E-state index contributed by atoms with van der Waals surface area (Å²) >= 11 is 5.77. The molecule has 0 aliphatic heterocycles. The third kappa shape index (κ3) is 1.27. The fraction of sp³-hybridized carbons (Fsp3) is 0.111. The summed E-state index contributed by atoms with van der Waals surface area (Å²) in [4.78, 5) is 4.00. The lowest BCUT2D eigenvalue weighted by Gasteiger charge is -1.97. The van der Waals surface area contributed by atoms with Gasteiger partial charge in [0.25, 0.3) is 0 Å². The second kappa shape index (κ2) is 3.28. The van der Waals surface area contributed by atoms with Gasteiger partial charge in [0, 0.05) is 11.8 Å². The fourth-order valence-electron chi connectivity index (χ4n) is 1.53. The van der Waals surface area contributed by atoms with Crippen molar-refractivity contribution in [1.29, 1.82) is 0 Å². The van der Waals surface area contributed by atoms with Crippen LogP contribution in [-0.4, -0.2) is 29.8 Å². The third-order valence-electron chi connectivity index (χ3n) is 2.34. The highest BCUT2D eigenvalue weighted by Gasteiger charge is 2.12. The Morgan fingerprint density at radius 2 is 2.25 bits per heavy atom. The van der Waals surface area contributed by atoms with E-state index in [9.17, 15) is 0 Å². The monoisotopic (exact) mass is 234 g/mol. The van der Waals surface area contributed by atoms with Crippen LogP contribution in [0.2, 0.25) is 5.15 Å². The van der Waals surface area contributed by atoms with Crippen LogP contribution in [0.15, 0.2) is 18.6 Å². The summed E-state index contributed by atoms with van der Waals surface area (Å²) in [7, 11) is 0. The molecule has 80 valence electrons. The highest BCUT2D eigenvalue weighted by atomic mass is 35.5. The summed E-state index contributed by atoms with van der Waals surface area (Å²) in [6.45, 7) is 1.92. The normalized spacial score (nSPS) is 11.1. The largest absolute Gasteiger partial charge is 0.282 e. The van der Waals surface area contributed by atoms with Gasteiger partial charge in [0.15, 0.2) is 11.5 Å². The fourth-order valence-corrected chi connectivity index (χ4v) is 1.67. The second-order valence-corrected chi connectivity index (χ2v) is 3.76. The first kappa shape index (κ1) is 9.29. The van der Waals surface area contributed by atoms with Gasteiger partial charge in [-0.05, 0) is 6.92 Å². The minimum absolute atomic E-state index is 0.398. The Labute approximate surface area is 95.3 Å². The molecule has 0 aliphatic carbocycles. The summed E-state index contributed by atoms with van der Waals surface area (Å²) < 4.78 is 1.77. The van der Waals surface area contributed by atoms with Crippen molar-refractivity contribution in [3.8, 4) is 11.4 Å². The van der Waals surface area contributed by atoms with Crippen molar-refractivity contribution in [1.82, 2.24) is 29.8 Å². The Bertz CT molecular complexity index is 655. The van der Waals surface area contributed by atoms with Gasteiger partial charge in [-0.2, -0.15) is 5.10 Å². The number of aryl methyl sites for hydroxylation is 1. The lowest BCUT2D eigenvalue weighted by Crippen LogP contribution is -1.91. The lowest BCUT2D eigenvalue weighted by atomic mass is 10.2. The number of nitrogens with one attached hydrogen (secondary N) is 1. The number of nitrogens with zero attached hydrogens (tertiary/aromatic N) is 5. The van der Waals surface area contributed by atoms with E-state index in [4.69, 9.17) is 11.6 Å². The van der Waals surface area contributed by atoms with Crippen LogP contribution in [0.1, 0.15) is 5.69 Å². The third-order valence-corrected chi connectivity index (χ3v) is 2.54. The number of halogens is 1. The second-order valence-electron chi connectivity index (χ2n) is 3.37. The van der Waals surface area contributed by atoms with Crippen LogP contribution < -0.4 is 0 Å². The predicted molar refractivity (Wildman–Crippen MR) is 58.1 cm³/mol. The molecule has 0 radical (unpaired) electrons. The van der Waals surface area contributed by atoms with E-state index in [0.29, 0.717) is 16.6 Å². The number of aromatic nitrogens is 6. The molecule has 6 nitrogen and oxygen atoms in total. The Balaban J connectivity index is 2.30. The molecule has 0 spiro atoms. The molecule has 7 heteroatoms. The van der Waals surface area contributed by atoms with E-state index < -0.39 is 0 Å². The molecule has 0 aromatic carbocycles. The van der Waals surface area contributed by atoms with Crippen molar-refractivity contribution in [3.05, 3.63) is 29.4 Å². The van der Waals surface area contributed by atoms with Gasteiger partial charge in [0.2, 0.25) is 0 Å². The molecule has 0 saturated carbocycles. The van der Waals surface area contributed by atoms with E-state index in [2.05, 4.69) is 25.4 Å². The van der Waals surface area contributed by atoms with Crippen LogP contribution in [0.4, 0.5) is 0 Å². The number of hydrogen-bond acceptors (Lipinski definition) is 4. The quantitative estimate of drug-likeness (QED) is 0.648. The van der Waals surface area contributed by atoms with E-state index in [1.807, 2.05) is 6.92 Å². The summed E-state index contributed by atoms with van der Waals surface area (Å²) in [6.07, 6.45) is 3.31. The van der Waals surface area contributed by atoms with Crippen LogP contribution in [0.25, 0.3) is 17.0 Å². The molecular weight excluding hydrogens is 228 g/mol. The van der Waals surface area contributed by atoms with Crippen LogP contribution in [-0.2, 0) is 0 Å². The van der Waals surface area contributed by atoms with Gasteiger partial charge in [0.1, 0.15) is 11.5 Å². The van der Waals surface area contributed by atoms with Gasteiger partial charge in [-0.15, -0.1) is 10.2 Å². The number of hydrogen-bond donors (Lipinski definition) is 1. The first-order valence-corrected chi connectivity index (χ1v) is 5.00. The SMILES string of the molecule is Cc1[nH]ncc1-c1nnc2cc(Cl)ncn12. The predicted octanol–water partition coefficient (Wildman–Crippen LogP) is 1.48. The van der Waals surface area contributed by atoms with Crippen molar-refractivity contribution in [3.63, 3.8) is 0 Å². The first-order valence-electron chi connectivity index (χ1n) is 4.62. The van der Waals surface area contributed by atoms with E-state index in [-0.39, 0.29) is 0 Å². The maximum atomic E-state index is 5.77. The summed E-state index contributed by atoms with van der Waals surface area (Å²) in [5.74, 6) is 0.699. The molecule has 0 amide bonds. The molecule has 3 aromatic rings. The zero-order chi connectivity index (χ0) is 11.1. The number of rotatable bonds is 1. The number of H-pyrrole nitrogens is 1. The van der Waals surface area contributed by atoms with E-state index >= 15 is 0 Å². The van der Waals surface area contributed by atoms with E-state index in [1.54, 1.807) is 23.0 Å². The molecule has 3 aromatic heterocycles. The topological polar surface area (TPSA) is 71.8 Å². The average Bonchev–Trinajstić information content (AvgIpc) is 2.83. The van der Waals surface area contributed by atoms with Gasteiger partial charge in [-0.3, -0.25) is 9.50 Å². The van der Waals surface area contributed by atoms with Crippen molar-refractivity contribution in [2.75, 3.05) is 0 Å². The molecule has 1 N–H and O–H groups in total. The van der Waals surface area contributed by atoms with Crippen molar-refractivity contribution < 1.29 is 0 Å². The van der Waals surface area contributed by atoms with Gasteiger partial charge in [-0.25, -0.2) is 4.98 Å². The minimum Gasteiger partial charge on any atom is -0.282 e. The molecule has 3 rings (SSSR count). The molecule has 0 aliphatic rings. The Kier molecular flexibility index (Phi) is 1.90. The molecule has 3 heterocycles. The Hall–Kier alpha value is -1.95. The Morgan fingerprint density at radius 1 is 1.38 bits per heavy atom. The smallest absolute Gasteiger partial charge is 0.173 e. The molecule has 0 fully saturated rings. The van der Waals surface area contributed by atoms with Crippen LogP contribution in [0.3, 0.4) is 0 Å². The van der Waals surface area contributed by atoms with Crippen molar-refractivity contribution in [2.24, 2.45) is 0 Å².